The highest BCUT2D eigenvalue weighted by Gasteiger charge is 2.06. The van der Waals surface area contributed by atoms with Gasteiger partial charge in [-0.1, -0.05) is 30.3 Å². The first-order valence-electron chi connectivity index (χ1n) is 6.75. The lowest BCUT2D eigenvalue weighted by Gasteiger charge is -2.13. The van der Waals surface area contributed by atoms with E-state index in [4.69, 9.17) is 9.84 Å². The molecule has 0 fully saturated rings. The van der Waals surface area contributed by atoms with Gasteiger partial charge < -0.3 is 9.84 Å². The number of carbonyl (C=O) groups is 1. The summed E-state index contributed by atoms with van der Waals surface area (Å²) in [7, 11) is 0. The third-order valence-electron chi connectivity index (χ3n) is 3.13. The van der Waals surface area contributed by atoms with E-state index in [1.54, 1.807) is 6.08 Å². The SMILES string of the molecule is Cc1cc(/C=C/C(=O)O)cc(C)c1OCc1ccccc1. The summed E-state index contributed by atoms with van der Waals surface area (Å²) in [5, 5.41) is 8.67. The average Bonchev–Trinajstić information content (AvgIpc) is 2.45. The lowest BCUT2D eigenvalue weighted by Crippen LogP contribution is -1.99. The number of aliphatic carboxylic acids is 1. The molecule has 0 amide bonds. The van der Waals surface area contributed by atoms with Crippen LogP contribution in [-0.4, -0.2) is 11.1 Å². The van der Waals surface area contributed by atoms with Gasteiger partial charge in [-0.2, -0.15) is 0 Å². The number of hydrogen-bond donors (Lipinski definition) is 1. The number of hydrogen-bond acceptors (Lipinski definition) is 2. The average molecular weight is 282 g/mol. The Balaban J connectivity index is 2.15. The van der Waals surface area contributed by atoms with Gasteiger partial charge in [0.1, 0.15) is 12.4 Å². The van der Waals surface area contributed by atoms with Crippen LogP contribution in [0.15, 0.2) is 48.5 Å². The van der Waals surface area contributed by atoms with Crippen molar-refractivity contribution in [1.29, 1.82) is 0 Å². The standard InChI is InChI=1S/C18H18O3/c1-13-10-16(8-9-17(19)20)11-14(2)18(13)21-12-15-6-4-3-5-7-15/h3-11H,12H2,1-2H3,(H,19,20)/b9-8+. The fraction of sp³-hybridized carbons (Fsp3) is 0.167. The van der Waals surface area contributed by atoms with E-state index in [1.165, 1.54) is 0 Å². The molecule has 0 bridgehead atoms. The van der Waals surface area contributed by atoms with E-state index in [1.807, 2.05) is 56.3 Å². The molecule has 0 atom stereocenters. The number of carboxylic acids is 1. The zero-order valence-corrected chi connectivity index (χ0v) is 12.2. The molecule has 2 aromatic carbocycles. The van der Waals surface area contributed by atoms with Crippen LogP contribution in [-0.2, 0) is 11.4 Å². The van der Waals surface area contributed by atoms with Crippen molar-refractivity contribution in [1.82, 2.24) is 0 Å². The molecule has 3 heteroatoms. The molecule has 0 saturated heterocycles. The number of benzene rings is 2. The maximum absolute atomic E-state index is 10.6. The third kappa shape index (κ3) is 4.21. The van der Waals surface area contributed by atoms with Gasteiger partial charge in [0.2, 0.25) is 0 Å². The van der Waals surface area contributed by atoms with E-state index >= 15 is 0 Å². The Morgan fingerprint density at radius 2 is 1.76 bits per heavy atom. The van der Waals surface area contributed by atoms with Crippen molar-refractivity contribution in [2.75, 3.05) is 0 Å². The summed E-state index contributed by atoms with van der Waals surface area (Å²) in [6, 6.07) is 13.8. The predicted octanol–water partition coefficient (Wildman–Crippen LogP) is 3.98. The summed E-state index contributed by atoms with van der Waals surface area (Å²) in [4.78, 5) is 10.6. The second-order valence-corrected chi connectivity index (χ2v) is 4.93. The van der Waals surface area contributed by atoms with Gasteiger partial charge in [0.05, 0.1) is 0 Å². The second kappa shape index (κ2) is 6.75. The summed E-state index contributed by atoms with van der Waals surface area (Å²) in [5.41, 5.74) is 3.97. The highest BCUT2D eigenvalue weighted by Crippen LogP contribution is 2.26. The molecule has 0 aliphatic rings. The van der Waals surface area contributed by atoms with E-state index < -0.39 is 5.97 Å². The molecule has 0 radical (unpaired) electrons. The smallest absolute Gasteiger partial charge is 0.328 e. The molecule has 2 aromatic rings. The summed E-state index contributed by atoms with van der Waals surface area (Å²) >= 11 is 0. The summed E-state index contributed by atoms with van der Waals surface area (Å²) in [5.74, 6) is -0.0963. The largest absolute Gasteiger partial charge is 0.488 e. The lowest BCUT2D eigenvalue weighted by atomic mass is 10.1. The van der Waals surface area contributed by atoms with Crippen LogP contribution in [0.4, 0.5) is 0 Å². The van der Waals surface area contributed by atoms with E-state index in [0.717, 1.165) is 34.1 Å². The molecule has 0 saturated carbocycles. The van der Waals surface area contributed by atoms with Crippen LogP contribution in [0.5, 0.6) is 5.75 Å². The van der Waals surface area contributed by atoms with Crippen LogP contribution in [0.1, 0.15) is 22.3 Å². The van der Waals surface area contributed by atoms with Crippen molar-refractivity contribution < 1.29 is 14.6 Å². The van der Waals surface area contributed by atoms with Gasteiger partial charge >= 0.3 is 5.97 Å². The zero-order valence-electron chi connectivity index (χ0n) is 12.2. The Morgan fingerprint density at radius 1 is 1.14 bits per heavy atom. The topological polar surface area (TPSA) is 46.5 Å². The van der Waals surface area contributed by atoms with E-state index in [2.05, 4.69) is 0 Å². The quantitative estimate of drug-likeness (QED) is 0.844. The molecule has 0 aromatic heterocycles. The Labute approximate surface area is 124 Å². The summed E-state index contributed by atoms with van der Waals surface area (Å²) < 4.78 is 5.89. The van der Waals surface area contributed by atoms with Gasteiger partial charge in [-0.25, -0.2) is 4.79 Å². The van der Waals surface area contributed by atoms with Gasteiger partial charge in [0.15, 0.2) is 0 Å². The Bertz CT molecular complexity index is 634. The van der Waals surface area contributed by atoms with Crippen LogP contribution >= 0.6 is 0 Å². The number of aryl methyl sites for hydroxylation is 2. The van der Waals surface area contributed by atoms with Gasteiger partial charge in [-0.05, 0) is 54.3 Å². The minimum Gasteiger partial charge on any atom is -0.488 e. The molecular weight excluding hydrogens is 264 g/mol. The minimum atomic E-state index is -0.949. The van der Waals surface area contributed by atoms with Gasteiger partial charge in [-0.15, -0.1) is 0 Å². The van der Waals surface area contributed by atoms with Crippen molar-refractivity contribution in [2.45, 2.75) is 20.5 Å². The first kappa shape index (κ1) is 14.9. The van der Waals surface area contributed by atoms with E-state index in [-0.39, 0.29) is 0 Å². The summed E-state index contributed by atoms with van der Waals surface area (Å²) in [6.07, 6.45) is 2.72. The Kier molecular flexibility index (Phi) is 4.77. The van der Waals surface area contributed by atoms with Gasteiger partial charge in [0, 0.05) is 6.08 Å². The molecule has 0 aliphatic heterocycles. The molecule has 0 aliphatic carbocycles. The monoisotopic (exact) mass is 282 g/mol. The van der Waals surface area contributed by atoms with Crippen LogP contribution < -0.4 is 4.74 Å². The molecule has 3 nitrogen and oxygen atoms in total. The second-order valence-electron chi connectivity index (χ2n) is 4.93. The minimum absolute atomic E-state index is 0.521. The number of ether oxygens (including phenoxy) is 1. The van der Waals surface area contributed by atoms with Gasteiger partial charge in [0.25, 0.3) is 0 Å². The van der Waals surface area contributed by atoms with Crippen molar-refractivity contribution in [3.05, 3.63) is 70.8 Å². The van der Waals surface area contributed by atoms with Crippen molar-refractivity contribution >= 4 is 12.0 Å². The highest BCUT2D eigenvalue weighted by molar-refractivity contribution is 5.85. The van der Waals surface area contributed by atoms with Crippen molar-refractivity contribution in [2.24, 2.45) is 0 Å². The van der Waals surface area contributed by atoms with E-state index in [0.29, 0.717) is 6.61 Å². The molecule has 0 heterocycles. The Morgan fingerprint density at radius 3 is 2.33 bits per heavy atom. The lowest BCUT2D eigenvalue weighted by molar-refractivity contribution is -0.131. The first-order valence-corrected chi connectivity index (χ1v) is 6.75. The molecule has 0 unspecified atom stereocenters. The van der Waals surface area contributed by atoms with Crippen LogP contribution in [0.3, 0.4) is 0 Å². The maximum atomic E-state index is 10.6. The van der Waals surface area contributed by atoms with Crippen LogP contribution in [0.2, 0.25) is 0 Å². The first-order chi connectivity index (χ1) is 10.1. The summed E-state index contributed by atoms with van der Waals surface area (Å²) in [6.45, 7) is 4.45. The molecule has 2 rings (SSSR count). The molecule has 0 spiro atoms. The normalized spacial score (nSPS) is 10.8. The molecular formula is C18H18O3. The van der Waals surface area contributed by atoms with Crippen LogP contribution in [0, 0.1) is 13.8 Å². The zero-order chi connectivity index (χ0) is 15.2. The maximum Gasteiger partial charge on any atom is 0.328 e. The third-order valence-corrected chi connectivity index (χ3v) is 3.13. The fourth-order valence-electron chi connectivity index (χ4n) is 2.20. The van der Waals surface area contributed by atoms with Crippen LogP contribution in [0.25, 0.3) is 6.08 Å². The molecule has 21 heavy (non-hydrogen) atoms. The number of carboxylic acid groups (broad SMARTS) is 1. The fourth-order valence-corrected chi connectivity index (χ4v) is 2.20. The van der Waals surface area contributed by atoms with E-state index in [9.17, 15) is 4.79 Å². The van der Waals surface area contributed by atoms with Gasteiger partial charge in [-0.3, -0.25) is 0 Å². The molecule has 1 N–H and O–H groups in total. The van der Waals surface area contributed by atoms with Crippen molar-refractivity contribution in [3.63, 3.8) is 0 Å². The highest BCUT2D eigenvalue weighted by atomic mass is 16.5. The van der Waals surface area contributed by atoms with Crippen molar-refractivity contribution in [3.8, 4) is 5.75 Å². The molecule has 108 valence electrons. The predicted molar refractivity (Wildman–Crippen MR) is 83.4 cm³/mol. The Hall–Kier alpha value is -2.55. The number of rotatable bonds is 5.